The van der Waals surface area contributed by atoms with Crippen molar-refractivity contribution in [1.82, 2.24) is 9.97 Å². The van der Waals surface area contributed by atoms with Crippen LogP contribution >= 0.6 is 11.3 Å². The van der Waals surface area contributed by atoms with Crippen LogP contribution in [0.2, 0.25) is 0 Å². The number of nitrogens with one attached hydrogen (secondary N) is 2. The summed E-state index contributed by atoms with van der Waals surface area (Å²) in [5.74, 6) is -0.618. The zero-order chi connectivity index (χ0) is 23.2. The van der Waals surface area contributed by atoms with Crippen LogP contribution in [0.25, 0.3) is 11.3 Å². The highest BCUT2D eigenvalue weighted by molar-refractivity contribution is 7.14. The summed E-state index contributed by atoms with van der Waals surface area (Å²) in [4.78, 5) is 32.2. The molecule has 0 aliphatic heterocycles. The van der Waals surface area contributed by atoms with Crippen molar-refractivity contribution in [3.8, 4) is 17.0 Å². The van der Waals surface area contributed by atoms with Crippen LogP contribution in [0.5, 0.6) is 5.75 Å². The third-order valence-corrected chi connectivity index (χ3v) is 5.27. The second-order valence-corrected chi connectivity index (χ2v) is 7.90. The Kier molecular flexibility index (Phi) is 6.70. The summed E-state index contributed by atoms with van der Waals surface area (Å²) in [6.45, 7) is 1.69. The summed E-state index contributed by atoms with van der Waals surface area (Å²) in [5.41, 5.74) is 2.34. The molecule has 7 nitrogen and oxygen atoms in total. The molecule has 4 aromatic rings. The molecule has 0 saturated carbocycles. The second-order valence-electron chi connectivity index (χ2n) is 7.05. The van der Waals surface area contributed by atoms with Crippen LogP contribution in [0, 0.1) is 5.82 Å². The van der Waals surface area contributed by atoms with Crippen LogP contribution in [0.15, 0.2) is 72.4 Å². The molecule has 0 aliphatic carbocycles. The average Bonchev–Trinajstić information content (AvgIpc) is 3.26. The van der Waals surface area contributed by atoms with Crippen molar-refractivity contribution < 1.29 is 18.7 Å². The minimum atomic E-state index is -0.525. The maximum atomic E-state index is 14.5. The van der Waals surface area contributed by atoms with Crippen molar-refractivity contribution in [2.45, 2.75) is 13.5 Å². The number of nitrogens with zero attached hydrogens (tertiary/aromatic N) is 2. The van der Waals surface area contributed by atoms with Crippen LogP contribution in [0.1, 0.15) is 22.8 Å². The summed E-state index contributed by atoms with van der Waals surface area (Å²) in [5, 5.41) is 7.25. The van der Waals surface area contributed by atoms with E-state index in [1.807, 2.05) is 12.1 Å². The third kappa shape index (κ3) is 5.78. The van der Waals surface area contributed by atoms with Crippen molar-refractivity contribution in [3.63, 3.8) is 0 Å². The van der Waals surface area contributed by atoms with Crippen LogP contribution in [0.3, 0.4) is 0 Å². The Balaban J connectivity index is 1.42. The fourth-order valence-corrected chi connectivity index (χ4v) is 3.71. The molecule has 2 amide bonds. The van der Waals surface area contributed by atoms with Crippen LogP contribution in [0.4, 0.5) is 15.2 Å². The molecule has 33 heavy (non-hydrogen) atoms. The molecule has 2 aromatic carbocycles. The van der Waals surface area contributed by atoms with Crippen molar-refractivity contribution in [3.05, 3.63) is 89.3 Å². The smallest absolute Gasteiger partial charge is 0.257 e. The molecule has 0 saturated heterocycles. The lowest BCUT2D eigenvalue weighted by molar-refractivity contribution is -0.114. The van der Waals surface area contributed by atoms with Crippen LogP contribution < -0.4 is 15.4 Å². The molecule has 0 unspecified atom stereocenters. The zero-order valence-electron chi connectivity index (χ0n) is 17.5. The molecule has 0 atom stereocenters. The number of hydrogen-bond acceptors (Lipinski definition) is 6. The van der Waals surface area contributed by atoms with Crippen LogP contribution in [-0.2, 0) is 11.4 Å². The summed E-state index contributed by atoms with van der Waals surface area (Å²) in [6, 6.07) is 14.9. The van der Waals surface area contributed by atoms with E-state index in [1.165, 1.54) is 30.4 Å². The number of rotatable bonds is 7. The lowest BCUT2D eigenvalue weighted by Crippen LogP contribution is -2.11. The van der Waals surface area contributed by atoms with Gasteiger partial charge in [-0.15, -0.1) is 11.3 Å². The lowest BCUT2D eigenvalue weighted by Gasteiger charge is -2.08. The number of carbonyl (C=O) groups excluding carboxylic acids is 2. The van der Waals surface area contributed by atoms with Gasteiger partial charge in [0.25, 0.3) is 5.91 Å². The number of pyridine rings is 1. The number of anilines is 2. The topological polar surface area (TPSA) is 93.2 Å². The zero-order valence-corrected chi connectivity index (χ0v) is 18.4. The normalized spacial score (nSPS) is 10.5. The quantitative estimate of drug-likeness (QED) is 0.397. The first-order valence-electron chi connectivity index (χ1n) is 9.94. The minimum Gasteiger partial charge on any atom is -0.489 e. The Morgan fingerprint density at radius 2 is 1.97 bits per heavy atom. The van der Waals surface area contributed by atoms with Gasteiger partial charge in [0.1, 0.15) is 18.2 Å². The van der Waals surface area contributed by atoms with Gasteiger partial charge >= 0.3 is 0 Å². The highest BCUT2D eigenvalue weighted by Crippen LogP contribution is 2.29. The molecule has 2 heterocycles. The molecule has 0 bridgehead atoms. The van der Waals surface area contributed by atoms with Gasteiger partial charge in [0.2, 0.25) is 5.91 Å². The molecule has 0 spiro atoms. The number of hydrogen-bond donors (Lipinski definition) is 2. The van der Waals surface area contributed by atoms with Gasteiger partial charge in [-0.2, -0.15) is 0 Å². The van der Waals surface area contributed by atoms with Crippen molar-refractivity contribution in [2.24, 2.45) is 0 Å². The van der Waals surface area contributed by atoms with Gasteiger partial charge < -0.3 is 10.1 Å². The maximum Gasteiger partial charge on any atom is 0.257 e. The van der Waals surface area contributed by atoms with E-state index in [9.17, 15) is 14.0 Å². The summed E-state index contributed by atoms with van der Waals surface area (Å²) < 4.78 is 20.2. The molecular weight excluding hydrogens is 443 g/mol. The van der Waals surface area contributed by atoms with Gasteiger partial charge in [0, 0.05) is 47.1 Å². The Morgan fingerprint density at radius 3 is 2.73 bits per heavy atom. The lowest BCUT2D eigenvalue weighted by atomic mass is 10.1. The number of amides is 2. The number of halogens is 1. The molecule has 0 fully saturated rings. The predicted molar refractivity (Wildman–Crippen MR) is 125 cm³/mol. The van der Waals surface area contributed by atoms with E-state index in [-0.39, 0.29) is 17.4 Å². The number of benzene rings is 2. The van der Waals surface area contributed by atoms with E-state index in [2.05, 4.69) is 20.6 Å². The second kappa shape index (κ2) is 10.0. The molecule has 2 aromatic heterocycles. The molecule has 2 N–H and O–H groups in total. The first kappa shape index (κ1) is 22.1. The average molecular weight is 463 g/mol. The monoisotopic (exact) mass is 462 g/mol. The third-order valence-electron chi connectivity index (χ3n) is 4.51. The van der Waals surface area contributed by atoms with Gasteiger partial charge in [-0.05, 0) is 42.5 Å². The molecule has 166 valence electrons. The van der Waals surface area contributed by atoms with E-state index >= 15 is 0 Å². The summed E-state index contributed by atoms with van der Waals surface area (Å²) in [7, 11) is 0. The Bertz CT molecular complexity index is 1290. The van der Waals surface area contributed by atoms with Gasteiger partial charge in [-0.3, -0.25) is 19.9 Å². The van der Waals surface area contributed by atoms with Crippen molar-refractivity contribution >= 4 is 34.0 Å². The maximum absolute atomic E-state index is 14.5. The van der Waals surface area contributed by atoms with E-state index in [4.69, 9.17) is 4.74 Å². The first-order chi connectivity index (χ1) is 16.0. The van der Waals surface area contributed by atoms with E-state index in [0.29, 0.717) is 34.4 Å². The van der Waals surface area contributed by atoms with Gasteiger partial charge in [0.05, 0.1) is 5.69 Å². The Morgan fingerprint density at radius 1 is 1.09 bits per heavy atom. The predicted octanol–water partition coefficient (Wildman–Crippen LogP) is 5.13. The first-order valence-corrected chi connectivity index (χ1v) is 10.8. The van der Waals surface area contributed by atoms with Gasteiger partial charge in [-0.1, -0.05) is 12.1 Å². The van der Waals surface area contributed by atoms with Gasteiger partial charge in [-0.25, -0.2) is 9.37 Å². The van der Waals surface area contributed by atoms with Crippen molar-refractivity contribution in [1.29, 1.82) is 0 Å². The standard InChI is InChI=1S/C24H19FN4O3S/c1-15(30)27-18-7-8-20(21(25)11-18)22-14-33-24(28-22)29-23(31)17-5-2-6-19(10-17)32-13-16-4-3-9-26-12-16/h2-12,14H,13H2,1H3,(H,27,30)(H,28,29,31). The molecule has 0 radical (unpaired) electrons. The van der Waals surface area contributed by atoms with Gasteiger partial charge in [0.15, 0.2) is 5.13 Å². The minimum absolute atomic E-state index is 0.270. The van der Waals surface area contributed by atoms with Crippen LogP contribution in [-0.4, -0.2) is 21.8 Å². The fourth-order valence-electron chi connectivity index (χ4n) is 3.01. The number of aromatic nitrogens is 2. The van der Waals surface area contributed by atoms with E-state index in [1.54, 1.807) is 48.1 Å². The summed E-state index contributed by atoms with van der Waals surface area (Å²) in [6.07, 6.45) is 3.40. The molecule has 0 aliphatic rings. The molecular formula is C24H19FN4O3S. The SMILES string of the molecule is CC(=O)Nc1ccc(-c2csc(NC(=O)c3cccc(OCc4cccnc4)c3)n2)c(F)c1. The van der Waals surface area contributed by atoms with Crippen molar-refractivity contribution in [2.75, 3.05) is 10.6 Å². The molecule has 9 heteroatoms. The van der Waals surface area contributed by atoms with E-state index < -0.39 is 5.82 Å². The highest BCUT2D eigenvalue weighted by Gasteiger charge is 2.14. The number of ether oxygens (including phenoxy) is 1. The molecule has 4 rings (SSSR count). The Hall–Kier alpha value is -4.11. The fraction of sp³-hybridized carbons (Fsp3) is 0.0833. The largest absolute Gasteiger partial charge is 0.489 e. The number of thiazole rings is 1. The summed E-state index contributed by atoms with van der Waals surface area (Å²) >= 11 is 1.19. The van der Waals surface area contributed by atoms with E-state index in [0.717, 1.165) is 5.56 Å². The highest BCUT2D eigenvalue weighted by atomic mass is 32.1. The Labute approximate surface area is 193 Å². The number of carbonyl (C=O) groups is 2.